The molecule has 0 spiro atoms. The van der Waals surface area contributed by atoms with Crippen LogP contribution in [0.5, 0.6) is 11.5 Å². The Labute approximate surface area is 207 Å². The van der Waals surface area contributed by atoms with Crippen LogP contribution in [0.1, 0.15) is 37.5 Å². The van der Waals surface area contributed by atoms with Crippen molar-refractivity contribution in [1.29, 1.82) is 0 Å². The van der Waals surface area contributed by atoms with E-state index in [1.165, 1.54) is 5.56 Å². The second kappa shape index (κ2) is 11.3. The number of nitrogens with zero attached hydrogens (tertiary/aromatic N) is 1. The molecule has 0 aliphatic rings. The number of methoxy groups -OCH3 is 2. The minimum absolute atomic E-state index is 0.0790. The molecule has 3 aromatic rings. The number of urea groups is 1. The number of amides is 2. The number of nitrogens with one attached hydrogen (secondary N) is 1. The molecule has 0 atom stereocenters. The van der Waals surface area contributed by atoms with Crippen LogP contribution in [-0.2, 0) is 18.4 Å². The molecular weight excluding hydrogens is 448 g/mol. The first kappa shape index (κ1) is 25.4. The highest BCUT2D eigenvalue weighted by molar-refractivity contribution is 6.30. The monoisotopic (exact) mass is 480 g/mol. The summed E-state index contributed by atoms with van der Waals surface area (Å²) in [4.78, 5) is 15.0. The van der Waals surface area contributed by atoms with Gasteiger partial charge in [-0.3, -0.25) is 0 Å². The maximum Gasteiger partial charge on any atom is 0.322 e. The smallest absolute Gasteiger partial charge is 0.322 e. The first-order chi connectivity index (χ1) is 16.2. The molecule has 0 aliphatic heterocycles. The molecule has 1 N–H and O–H groups in total. The second-order valence-corrected chi connectivity index (χ2v) is 9.68. The summed E-state index contributed by atoms with van der Waals surface area (Å²) in [7, 11) is 3.23. The number of rotatable bonds is 8. The SMILES string of the molecule is COc1ccc(CCN(Cc2ccc(C(C)(C)C)cc2)C(=O)Nc2cccc(Cl)c2)cc1OC. The number of carbonyl (C=O) groups excluding carboxylic acids is 1. The molecule has 3 rings (SSSR count). The summed E-state index contributed by atoms with van der Waals surface area (Å²) in [6.07, 6.45) is 0.670. The lowest BCUT2D eigenvalue weighted by atomic mass is 9.87. The minimum atomic E-state index is -0.178. The molecule has 0 saturated heterocycles. The molecule has 6 heteroatoms. The summed E-state index contributed by atoms with van der Waals surface area (Å²) in [6, 6.07) is 21.3. The maximum atomic E-state index is 13.2. The fraction of sp³-hybridized carbons (Fsp3) is 0.321. The van der Waals surface area contributed by atoms with Crippen molar-refractivity contribution in [2.24, 2.45) is 0 Å². The largest absolute Gasteiger partial charge is 0.493 e. The van der Waals surface area contributed by atoms with Crippen LogP contribution in [0.25, 0.3) is 0 Å². The van der Waals surface area contributed by atoms with E-state index in [9.17, 15) is 4.79 Å². The Morgan fingerprint density at radius 2 is 1.59 bits per heavy atom. The van der Waals surface area contributed by atoms with Crippen LogP contribution in [0.3, 0.4) is 0 Å². The molecule has 0 aromatic heterocycles. The predicted molar refractivity (Wildman–Crippen MR) is 139 cm³/mol. The van der Waals surface area contributed by atoms with Gasteiger partial charge in [0.25, 0.3) is 0 Å². The normalized spacial score (nSPS) is 11.1. The van der Waals surface area contributed by atoms with Gasteiger partial charge < -0.3 is 19.7 Å². The summed E-state index contributed by atoms with van der Waals surface area (Å²) < 4.78 is 10.8. The number of carbonyl (C=O) groups is 1. The number of hydrogen-bond donors (Lipinski definition) is 1. The van der Waals surface area contributed by atoms with Gasteiger partial charge in [0.15, 0.2) is 11.5 Å². The number of ether oxygens (including phenoxy) is 2. The average Bonchev–Trinajstić information content (AvgIpc) is 2.81. The number of anilines is 1. The van der Waals surface area contributed by atoms with Gasteiger partial charge in [0.2, 0.25) is 0 Å². The van der Waals surface area contributed by atoms with Crippen molar-refractivity contribution in [2.45, 2.75) is 39.2 Å². The third-order valence-corrected chi connectivity index (χ3v) is 5.91. The summed E-state index contributed by atoms with van der Waals surface area (Å²) >= 11 is 6.10. The lowest BCUT2D eigenvalue weighted by Gasteiger charge is -2.25. The Kier molecular flexibility index (Phi) is 8.46. The molecule has 34 heavy (non-hydrogen) atoms. The van der Waals surface area contributed by atoms with Gasteiger partial charge in [-0.05, 0) is 58.9 Å². The van der Waals surface area contributed by atoms with Crippen LogP contribution in [0.4, 0.5) is 10.5 Å². The Morgan fingerprint density at radius 3 is 2.21 bits per heavy atom. The predicted octanol–water partition coefficient (Wildman–Crippen LogP) is 6.93. The van der Waals surface area contributed by atoms with Crippen LogP contribution < -0.4 is 14.8 Å². The number of halogens is 1. The van der Waals surface area contributed by atoms with Crippen LogP contribution in [0.2, 0.25) is 5.02 Å². The van der Waals surface area contributed by atoms with Gasteiger partial charge in [0, 0.05) is 23.8 Å². The fourth-order valence-electron chi connectivity index (χ4n) is 3.65. The lowest BCUT2D eigenvalue weighted by molar-refractivity contribution is 0.210. The van der Waals surface area contributed by atoms with E-state index < -0.39 is 0 Å². The van der Waals surface area contributed by atoms with Gasteiger partial charge in [-0.15, -0.1) is 0 Å². The molecule has 0 bridgehead atoms. The topological polar surface area (TPSA) is 50.8 Å². The van der Waals surface area contributed by atoms with E-state index in [0.717, 1.165) is 11.1 Å². The summed E-state index contributed by atoms with van der Waals surface area (Å²) in [5.74, 6) is 1.36. The molecule has 0 radical (unpaired) electrons. The van der Waals surface area contributed by atoms with Gasteiger partial charge in [-0.1, -0.05) is 68.8 Å². The Hall–Kier alpha value is -3.18. The van der Waals surface area contributed by atoms with Crippen molar-refractivity contribution >= 4 is 23.3 Å². The van der Waals surface area contributed by atoms with Gasteiger partial charge >= 0.3 is 6.03 Å². The van der Waals surface area contributed by atoms with Crippen molar-refractivity contribution < 1.29 is 14.3 Å². The molecule has 0 fully saturated rings. The van der Waals surface area contributed by atoms with Gasteiger partial charge in [0.1, 0.15) is 0 Å². The molecule has 180 valence electrons. The molecule has 5 nitrogen and oxygen atoms in total. The van der Waals surface area contributed by atoms with E-state index in [-0.39, 0.29) is 11.4 Å². The summed E-state index contributed by atoms with van der Waals surface area (Å²) in [5, 5.41) is 3.55. The standard InChI is InChI=1S/C28H33ClN2O3/c1-28(2,3)22-12-9-21(10-13-22)19-31(27(32)30-24-8-6-7-23(29)18-24)16-15-20-11-14-25(33-4)26(17-20)34-5/h6-14,17-18H,15-16,19H2,1-5H3,(H,30,32). The summed E-state index contributed by atoms with van der Waals surface area (Å²) in [6.45, 7) is 7.59. The highest BCUT2D eigenvalue weighted by Gasteiger charge is 2.17. The molecule has 0 aliphatic carbocycles. The molecule has 2 amide bonds. The Bertz CT molecular complexity index is 1110. The third kappa shape index (κ3) is 6.91. The van der Waals surface area contributed by atoms with Crippen molar-refractivity contribution in [3.8, 4) is 11.5 Å². The minimum Gasteiger partial charge on any atom is -0.493 e. The Balaban J connectivity index is 1.78. The third-order valence-electron chi connectivity index (χ3n) is 5.67. The van der Waals surface area contributed by atoms with E-state index in [1.807, 2.05) is 35.2 Å². The van der Waals surface area contributed by atoms with Gasteiger partial charge in [-0.2, -0.15) is 0 Å². The van der Waals surface area contributed by atoms with E-state index >= 15 is 0 Å². The van der Waals surface area contributed by atoms with Crippen molar-refractivity contribution in [1.82, 2.24) is 4.90 Å². The fourth-order valence-corrected chi connectivity index (χ4v) is 3.84. The zero-order chi connectivity index (χ0) is 24.7. The zero-order valence-electron chi connectivity index (χ0n) is 20.5. The van der Waals surface area contributed by atoms with Crippen molar-refractivity contribution in [2.75, 3.05) is 26.1 Å². The van der Waals surface area contributed by atoms with Crippen LogP contribution in [0, 0.1) is 0 Å². The highest BCUT2D eigenvalue weighted by Crippen LogP contribution is 2.28. The quantitative estimate of drug-likeness (QED) is 0.380. The molecule has 0 heterocycles. The molecule has 0 unspecified atom stereocenters. The first-order valence-corrected chi connectivity index (χ1v) is 11.7. The maximum absolute atomic E-state index is 13.2. The van der Waals surface area contributed by atoms with Crippen LogP contribution in [-0.4, -0.2) is 31.7 Å². The van der Waals surface area contributed by atoms with Crippen LogP contribution >= 0.6 is 11.6 Å². The van der Waals surface area contributed by atoms with E-state index in [4.69, 9.17) is 21.1 Å². The van der Waals surface area contributed by atoms with E-state index in [2.05, 4.69) is 50.4 Å². The lowest BCUT2D eigenvalue weighted by Crippen LogP contribution is -2.36. The highest BCUT2D eigenvalue weighted by atomic mass is 35.5. The Morgan fingerprint density at radius 1 is 0.912 bits per heavy atom. The van der Waals surface area contributed by atoms with E-state index in [1.54, 1.807) is 26.4 Å². The average molecular weight is 481 g/mol. The molecular formula is C28H33ClN2O3. The van der Waals surface area contributed by atoms with Gasteiger partial charge in [0.05, 0.1) is 14.2 Å². The number of benzene rings is 3. The zero-order valence-corrected chi connectivity index (χ0v) is 21.3. The van der Waals surface area contributed by atoms with E-state index in [0.29, 0.717) is 41.7 Å². The second-order valence-electron chi connectivity index (χ2n) is 9.25. The number of hydrogen-bond acceptors (Lipinski definition) is 3. The van der Waals surface area contributed by atoms with Crippen LogP contribution in [0.15, 0.2) is 66.7 Å². The summed E-state index contributed by atoms with van der Waals surface area (Å²) in [5.41, 5.74) is 4.13. The molecule has 0 saturated carbocycles. The van der Waals surface area contributed by atoms with Gasteiger partial charge in [-0.25, -0.2) is 4.79 Å². The molecule has 3 aromatic carbocycles. The van der Waals surface area contributed by atoms with Crippen molar-refractivity contribution in [3.05, 3.63) is 88.4 Å². The van der Waals surface area contributed by atoms with Crippen molar-refractivity contribution in [3.63, 3.8) is 0 Å². The first-order valence-electron chi connectivity index (χ1n) is 11.3.